The van der Waals surface area contributed by atoms with Crippen molar-refractivity contribution in [3.8, 4) is 0 Å². The zero-order valence-electron chi connectivity index (χ0n) is 11.7. The van der Waals surface area contributed by atoms with Crippen molar-refractivity contribution >= 4 is 46.4 Å². The Hall–Kier alpha value is -2.31. The second-order valence-corrected chi connectivity index (χ2v) is 5.45. The Balaban J connectivity index is 2.06. The summed E-state index contributed by atoms with van der Waals surface area (Å²) in [5, 5.41) is 5.78. The number of hydrogen-bond acceptors (Lipinski definition) is 3. The number of nitrogens with two attached hydrogens (primary N) is 1. The molecule has 2 aromatic carbocycles. The van der Waals surface area contributed by atoms with E-state index < -0.39 is 17.6 Å². The Morgan fingerprint density at radius 1 is 1.04 bits per heavy atom. The highest BCUT2D eigenvalue weighted by Gasteiger charge is 2.11. The van der Waals surface area contributed by atoms with Gasteiger partial charge in [-0.25, -0.2) is 4.39 Å². The van der Waals surface area contributed by atoms with Crippen LogP contribution in [0.4, 0.5) is 15.8 Å². The van der Waals surface area contributed by atoms with E-state index in [9.17, 15) is 14.0 Å². The number of anilines is 2. The highest BCUT2D eigenvalue weighted by molar-refractivity contribution is 6.31. The van der Waals surface area contributed by atoms with Crippen LogP contribution in [0.15, 0.2) is 36.4 Å². The van der Waals surface area contributed by atoms with Gasteiger partial charge in [0.1, 0.15) is 5.82 Å². The molecule has 0 saturated carbocycles. The fourth-order valence-electron chi connectivity index (χ4n) is 1.84. The van der Waals surface area contributed by atoms with Gasteiger partial charge >= 0.3 is 0 Å². The van der Waals surface area contributed by atoms with E-state index >= 15 is 0 Å². The van der Waals surface area contributed by atoms with Gasteiger partial charge in [0.15, 0.2) is 0 Å². The lowest BCUT2D eigenvalue weighted by Crippen LogP contribution is -2.24. The fourth-order valence-corrected chi connectivity index (χ4v) is 2.18. The summed E-state index contributed by atoms with van der Waals surface area (Å²) >= 11 is 11.6. The second-order valence-electron chi connectivity index (χ2n) is 4.58. The van der Waals surface area contributed by atoms with Crippen LogP contribution in [0.5, 0.6) is 0 Å². The number of halogens is 3. The summed E-state index contributed by atoms with van der Waals surface area (Å²) in [6.45, 7) is -0.216. The number of nitrogens with one attached hydrogen (secondary N) is 2. The molecule has 0 fully saturated rings. The molecule has 0 aliphatic heterocycles. The highest BCUT2D eigenvalue weighted by atomic mass is 35.5. The molecule has 23 heavy (non-hydrogen) atoms. The smallest absolute Gasteiger partial charge is 0.250 e. The average molecular weight is 356 g/mol. The zero-order chi connectivity index (χ0) is 17.0. The largest absolute Gasteiger partial charge is 0.375 e. The van der Waals surface area contributed by atoms with Gasteiger partial charge < -0.3 is 16.4 Å². The van der Waals surface area contributed by atoms with Crippen molar-refractivity contribution in [3.63, 3.8) is 0 Å². The number of benzene rings is 2. The Bertz CT molecular complexity index is 768. The maximum absolute atomic E-state index is 13.5. The third kappa shape index (κ3) is 4.58. The minimum Gasteiger partial charge on any atom is -0.375 e. The number of carbonyl (C=O) groups is 2. The van der Waals surface area contributed by atoms with E-state index in [0.29, 0.717) is 15.7 Å². The van der Waals surface area contributed by atoms with Crippen molar-refractivity contribution in [1.82, 2.24) is 0 Å². The van der Waals surface area contributed by atoms with Gasteiger partial charge in [-0.3, -0.25) is 9.59 Å². The van der Waals surface area contributed by atoms with E-state index in [0.717, 1.165) is 6.07 Å². The molecule has 120 valence electrons. The van der Waals surface area contributed by atoms with Crippen molar-refractivity contribution in [3.05, 3.63) is 57.8 Å². The minimum absolute atomic E-state index is 0.0366. The molecule has 0 heterocycles. The molecule has 2 aromatic rings. The van der Waals surface area contributed by atoms with Crippen LogP contribution in [0, 0.1) is 5.82 Å². The third-order valence-electron chi connectivity index (χ3n) is 2.89. The number of amides is 2. The summed E-state index contributed by atoms with van der Waals surface area (Å²) in [5.41, 5.74) is 5.71. The number of hydrogen-bond donors (Lipinski definition) is 3. The molecule has 5 nitrogen and oxygen atoms in total. The first kappa shape index (κ1) is 17.1. The maximum Gasteiger partial charge on any atom is 0.250 e. The summed E-state index contributed by atoms with van der Waals surface area (Å²) in [6.07, 6.45) is 0. The molecule has 0 atom stereocenters. The second kappa shape index (κ2) is 7.30. The standard InChI is InChI=1S/C15H12Cl2FN3O2/c16-8-1-3-10(15(19)23)12(5-8)20-7-14(22)21-13-6-9(17)2-4-11(13)18/h1-6,20H,7H2,(H2,19,23)(H,21,22). The Morgan fingerprint density at radius 3 is 2.30 bits per heavy atom. The molecule has 4 N–H and O–H groups in total. The van der Waals surface area contributed by atoms with Crippen molar-refractivity contribution in [1.29, 1.82) is 0 Å². The first-order chi connectivity index (χ1) is 10.9. The molecule has 0 radical (unpaired) electrons. The Morgan fingerprint density at radius 2 is 1.65 bits per heavy atom. The van der Waals surface area contributed by atoms with Gasteiger partial charge in [-0.15, -0.1) is 0 Å². The van der Waals surface area contributed by atoms with Crippen LogP contribution in [0.1, 0.15) is 10.4 Å². The van der Waals surface area contributed by atoms with E-state index in [1.54, 1.807) is 0 Å². The first-order valence-corrected chi connectivity index (χ1v) is 7.20. The normalized spacial score (nSPS) is 10.2. The summed E-state index contributed by atoms with van der Waals surface area (Å²) in [7, 11) is 0. The lowest BCUT2D eigenvalue weighted by Gasteiger charge is -2.11. The first-order valence-electron chi connectivity index (χ1n) is 6.45. The fraction of sp³-hybridized carbons (Fsp3) is 0.0667. The summed E-state index contributed by atoms with van der Waals surface area (Å²) < 4.78 is 13.5. The quantitative estimate of drug-likeness (QED) is 0.769. The third-order valence-corrected chi connectivity index (χ3v) is 3.36. The number of primary amides is 1. The van der Waals surface area contributed by atoms with E-state index in [4.69, 9.17) is 28.9 Å². The summed E-state index contributed by atoms with van der Waals surface area (Å²) in [4.78, 5) is 23.2. The van der Waals surface area contributed by atoms with Crippen LogP contribution in [-0.4, -0.2) is 18.4 Å². The van der Waals surface area contributed by atoms with Crippen LogP contribution in [0.3, 0.4) is 0 Å². The van der Waals surface area contributed by atoms with Gasteiger partial charge in [0.25, 0.3) is 5.91 Å². The molecule has 2 amide bonds. The zero-order valence-corrected chi connectivity index (χ0v) is 13.2. The van der Waals surface area contributed by atoms with Crippen LogP contribution >= 0.6 is 23.2 Å². The molecule has 0 saturated heterocycles. The van der Waals surface area contributed by atoms with Gasteiger partial charge in [-0.2, -0.15) is 0 Å². The van der Waals surface area contributed by atoms with Crippen molar-refractivity contribution in [2.24, 2.45) is 5.73 Å². The van der Waals surface area contributed by atoms with Crippen LogP contribution < -0.4 is 16.4 Å². The summed E-state index contributed by atoms with van der Waals surface area (Å²) in [6, 6.07) is 8.23. The van der Waals surface area contributed by atoms with Crippen molar-refractivity contribution < 1.29 is 14.0 Å². The molecule has 0 aliphatic rings. The molecule has 0 aliphatic carbocycles. The predicted octanol–water partition coefficient (Wildman–Crippen LogP) is 3.28. The van der Waals surface area contributed by atoms with Crippen molar-refractivity contribution in [2.75, 3.05) is 17.2 Å². The molecule has 0 spiro atoms. The Kier molecular flexibility index (Phi) is 5.41. The maximum atomic E-state index is 13.5. The van der Waals surface area contributed by atoms with Crippen LogP contribution in [0.2, 0.25) is 10.0 Å². The Labute approximate surface area is 141 Å². The van der Waals surface area contributed by atoms with Gasteiger partial charge in [-0.1, -0.05) is 23.2 Å². The lowest BCUT2D eigenvalue weighted by atomic mass is 10.1. The van der Waals surface area contributed by atoms with Gasteiger partial charge in [0.05, 0.1) is 17.8 Å². The van der Waals surface area contributed by atoms with Crippen LogP contribution in [0.25, 0.3) is 0 Å². The number of rotatable bonds is 5. The summed E-state index contributed by atoms with van der Waals surface area (Å²) in [5.74, 6) is -1.80. The molecule has 8 heteroatoms. The van der Waals surface area contributed by atoms with E-state index in [1.807, 2.05) is 0 Å². The van der Waals surface area contributed by atoms with Gasteiger partial charge in [-0.05, 0) is 36.4 Å². The lowest BCUT2D eigenvalue weighted by molar-refractivity contribution is -0.114. The molecule has 0 aromatic heterocycles. The molecule has 0 bridgehead atoms. The average Bonchev–Trinajstić information content (AvgIpc) is 2.48. The topological polar surface area (TPSA) is 84.2 Å². The molecular weight excluding hydrogens is 344 g/mol. The molecular formula is C15H12Cl2FN3O2. The van der Waals surface area contributed by atoms with Gasteiger partial charge in [0.2, 0.25) is 5.91 Å². The van der Waals surface area contributed by atoms with E-state index in [-0.39, 0.29) is 17.8 Å². The highest BCUT2D eigenvalue weighted by Crippen LogP contribution is 2.21. The minimum atomic E-state index is -0.662. The predicted molar refractivity (Wildman–Crippen MR) is 88.5 cm³/mol. The van der Waals surface area contributed by atoms with Crippen molar-refractivity contribution in [2.45, 2.75) is 0 Å². The number of carbonyl (C=O) groups excluding carboxylic acids is 2. The SMILES string of the molecule is NC(=O)c1ccc(Cl)cc1NCC(=O)Nc1cc(Cl)ccc1F. The van der Waals surface area contributed by atoms with E-state index in [1.165, 1.54) is 30.3 Å². The molecule has 0 unspecified atom stereocenters. The van der Waals surface area contributed by atoms with E-state index in [2.05, 4.69) is 10.6 Å². The molecule has 2 rings (SSSR count). The van der Waals surface area contributed by atoms with Crippen LogP contribution in [-0.2, 0) is 4.79 Å². The van der Waals surface area contributed by atoms with Gasteiger partial charge in [0, 0.05) is 15.7 Å². The monoisotopic (exact) mass is 355 g/mol.